The van der Waals surface area contributed by atoms with Gasteiger partial charge in [0.15, 0.2) is 0 Å². The highest BCUT2D eigenvalue weighted by Crippen LogP contribution is 2.35. The molecule has 0 amide bonds. The number of halogens is 2. The maximum Gasteiger partial charge on any atom is 0.264 e. The van der Waals surface area contributed by atoms with E-state index in [1.54, 1.807) is 6.07 Å². The molecule has 0 bridgehead atoms. The first-order chi connectivity index (χ1) is 11.8. The van der Waals surface area contributed by atoms with Crippen LogP contribution in [-0.4, -0.2) is 34.4 Å². The summed E-state index contributed by atoms with van der Waals surface area (Å²) < 4.78 is 50.1. The van der Waals surface area contributed by atoms with E-state index >= 15 is 0 Å². The van der Waals surface area contributed by atoms with E-state index in [0.717, 1.165) is 28.6 Å². The van der Waals surface area contributed by atoms with Crippen molar-refractivity contribution < 1.29 is 27.1 Å². The van der Waals surface area contributed by atoms with Crippen LogP contribution in [-0.2, 0) is 14.8 Å². The molecule has 0 radical (unpaired) electrons. The van der Waals surface area contributed by atoms with Crippen molar-refractivity contribution in [3.05, 3.63) is 48.3 Å². The minimum atomic E-state index is -4.20. The Hall–Kier alpha value is -2.32. The number of carbonyl (C=O) groups excluding carboxylic acids is 1. The number of hydrogen-bond acceptors (Lipinski definition) is 5. The first-order valence-corrected chi connectivity index (χ1v) is 8.80. The molecule has 0 saturated heterocycles. The molecule has 0 spiro atoms. The van der Waals surface area contributed by atoms with E-state index in [1.807, 2.05) is 0 Å². The predicted molar refractivity (Wildman–Crippen MR) is 91.3 cm³/mol. The van der Waals surface area contributed by atoms with E-state index in [4.69, 9.17) is 21.1 Å². The molecule has 0 saturated carbocycles. The molecule has 9 heteroatoms. The summed E-state index contributed by atoms with van der Waals surface area (Å²) in [5, 5.41) is -0.893. The standard InChI is InChI=1S/C16H15ClFNO5S/c1-23-12-5-8-15(24-2)14(9-12)19(10-16(17)20)25(21,22)13-6-3-11(18)4-7-13/h3-9H,10H2,1-2H3. The number of rotatable bonds is 7. The SMILES string of the molecule is COc1ccc(OC)c(N(CC(=O)Cl)S(=O)(=O)c2ccc(F)cc2)c1. The van der Waals surface area contributed by atoms with Crippen molar-refractivity contribution in [3.63, 3.8) is 0 Å². The highest BCUT2D eigenvalue weighted by atomic mass is 35.5. The summed E-state index contributed by atoms with van der Waals surface area (Å²) >= 11 is 5.43. The second-order valence-electron chi connectivity index (χ2n) is 4.86. The van der Waals surface area contributed by atoms with Crippen molar-refractivity contribution in [1.29, 1.82) is 0 Å². The van der Waals surface area contributed by atoms with Gasteiger partial charge in [0.25, 0.3) is 10.0 Å². The third-order valence-electron chi connectivity index (χ3n) is 3.32. The molecule has 0 heterocycles. The zero-order chi connectivity index (χ0) is 18.6. The Morgan fingerprint density at radius 3 is 2.28 bits per heavy atom. The first-order valence-electron chi connectivity index (χ1n) is 6.98. The lowest BCUT2D eigenvalue weighted by Crippen LogP contribution is -2.34. The van der Waals surface area contributed by atoms with Gasteiger partial charge >= 0.3 is 0 Å². The van der Waals surface area contributed by atoms with Gasteiger partial charge in [-0.15, -0.1) is 0 Å². The fraction of sp³-hybridized carbons (Fsp3) is 0.188. The van der Waals surface area contributed by atoms with Crippen LogP contribution in [0.1, 0.15) is 0 Å². The molecule has 25 heavy (non-hydrogen) atoms. The molecule has 0 aliphatic carbocycles. The van der Waals surface area contributed by atoms with E-state index in [0.29, 0.717) is 5.75 Å². The number of carbonyl (C=O) groups is 1. The minimum absolute atomic E-state index is 0.0696. The van der Waals surface area contributed by atoms with Gasteiger partial charge in [-0.2, -0.15) is 0 Å². The van der Waals surface area contributed by atoms with Crippen LogP contribution in [0, 0.1) is 5.82 Å². The topological polar surface area (TPSA) is 72.9 Å². The molecule has 2 rings (SSSR count). The number of anilines is 1. The molecule has 0 N–H and O–H groups in total. The van der Waals surface area contributed by atoms with E-state index in [1.165, 1.54) is 26.4 Å². The third-order valence-corrected chi connectivity index (χ3v) is 5.22. The van der Waals surface area contributed by atoms with Crippen LogP contribution in [0.5, 0.6) is 11.5 Å². The van der Waals surface area contributed by atoms with Crippen LogP contribution in [0.15, 0.2) is 47.4 Å². The van der Waals surface area contributed by atoms with Crippen LogP contribution in [0.2, 0.25) is 0 Å². The lowest BCUT2D eigenvalue weighted by atomic mass is 10.2. The zero-order valence-corrected chi connectivity index (χ0v) is 15.0. The number of hydrogen-bond donors (Lipinski definition) is 0. The third kappa shape index (κ3) is 4.21. The van der Waals surface area contributed by atoms with E-state index in [9.17, 15) is 17.6 Å². The van der Waals surface area contributed by atoms with Gasteiger partial charge in [-0.25, -0.2) is 12.8 Å². The number of nitrogens with zero attached hydrogens (tertiary/aromatic N) is 1. The number of benzene rings is 2. The largest absolute Gasteiger partial charge is 0.497 e. The molecule has 0 unspecified atom stereocenters. The highest BCUT2D eigenvalue weighted by molar-refractivity contribution is 7.92. The summed E-state index contributed by atoms with van der Waals surface area (Å²) in [5.41, 5.74) is 0.0696. The first kappa shape index (κ1) is 19.0. The molecular formula is C16H15ClFNO5S. The van der Waals surface area contributed by atoms with Gasteiger partial charge in [0, 0.05) is 6.07 Å². The molecule has 2 aromatic carbocycles. The Kier molecular flexibility index (Phi) is 5.86. The molecule has 0 atom stereocenters. The van der Waals surface area contributed by atoms with E-state index < -0.39 is 27.6 Å². The van der Waals surface area contributed by atoms with Gasteiger partial charge in [0.05, 0.1) is 24.8 Å². The Bertz CT molecular complexity index is 871. The Morgan fingerprint density at radius 1 is 1.12 bits per heavy atom. The Balaban J connectivity index is 2.64. The maximum atomic E-state index is 13.1. The lowest BCUT2D eigenvalue weighted by Gasteiger charge is -2.25. The van der Waals surface area contributed by atoms with Gasteiger partial charge in [-0.05, 0) is 48.0 Å². The van der Waals surface area contributed by atoms with Gasteiger partial charge in [-0.3, -0.25) is 9.10 Å². The molecule has 0 aliphatic heterocycles. The quantitative estimate of drug-likeness (QED) is 0.683. The van der Waals surface area contributed by atoms with Crippen molar-refractivity contribution in [1.82, 2.24) is 0 Å². The normalized spacial score (nSPS) is 11.0. The molecule has 6 nitrogen and oxygen atoms in total. The van der Waals surface area contributed by atoms with Gasteiger partial charge in [0.1, 0.15) is 23.9 Å². The lowest BCUT2D eigenvalue weighted by molar-refractivity contribution is -0.110. The second-order valence-corrected chi connectivity index (χ2v) is 7.14. The molecule has 134 valence electrons. The highest BCUT2D eigenvalue weighted by Gasteiger charge is 2.29. The average Bonchev–Trinajstić information content (AvgIpc) is 2.59. The smallest absolute Gasteiger partial charge is 0.264 e. The van der Waals surface area contributed by atoms with Crippen LogP contribution >= 0.6 is 11.6 Å². The van der Waals surface area contributed by atoms with Crippen LogP contribution in [0.4, 0.5) is 10.1 Å². The van der Waals surface area contributed by atoms with Crippen molar-refractivity contribution in [2.24, 2.45) is 0 Å². The summed E-state index contributed by atoms with van der Waals surface area (Å²) in [4.78, 5) is 11.2. The number of ether oxygens (including phenoxy) is 2. The molecule has 0 aliphatic rings. The number of methoxy groups -OCH3 is 2. The Labute approximate surface area is 149 Å². The molecule has 0 aromatic heterocycles. The predicted octanol–water partition coefficient (Wildman–Crippen LogP) is 2.80. The van der Waals surface area contributed by atoms with Crippen molar-refractivity contribution in [2.75, 3.05) is 25.1 Å². The van der Waals surface area contributed by atoms with Crippen molar-refractivity contribution in [3.8, 4) is 11.5 Å². The molecule has 0 fully saturated rings. The summed E-state index contributed by atoms with van der Waals surface area (Å²) in [7, 11) is -1.43. The minimum Gasteiger partial charge on any atom is -0.497 e. The summed E-state index contributed by atoms with van der Waals surface area (Å²) in [6.07, 6.45) is 0. The van der Waals surface area contributed by atoms with Gasteiger partial charge in [-0.1, -0.05) is 0 Å². The monoisotopic (exact) mass is 387 g/mol. The average molecular weight is 388 g/mol. The van der Waals surface area contributed by atoms with Gasteiger partial charge in [0.2, 0.25) is 5.24 Å². The zero-order valence-electron chi connectivity index (χ0n) is 13.4. The van der Waals surface area contributed by atoms with Crippen LogP contribution < -0.4 is 13.8 Å². The van der Waals surface area contributed by atoms with Crippen molar-refractivity contribution >= 4 is 32.6 Å². The maximum absolute atomic E-state index is 13.1. The fourth-order valence-electron chi connectivity index (χ4n) is 2.14. The van der Waals surface area contributed by atoms with Crippen molar-refractivity contribution in [2.45, 2.75) is 4.90 Å². The fourth-order valence-corrected chi connectivity index (χ4v) is 3.75. The number of sulfonamides is 1. The summed E-state index contributed by atoms with van der Waals surface area (Å²) in [5.74, 6) is -0.0283. The Morgan fingerprint density at radius 2 is 1.76 bits per heavy atom. The second kappa shape index (κ2) is 7.71. The van der Waals surface area contributed by atoms with Gasteiger partial charge < -0.3 is 9.47 Å². The van der Waals surface area contributed by atoms with Crippen LogP contribution in [0.3, 0.4) is 0 Å². The summed E-state index contributed by atoms with van der Waals surface area (Å²) in [6.45, 7) is -0.634. The van der Waals surface area contributed by atoms with Crippen LogP contribution in [0.25, 0.3) is 0 Å². The molecular weight excluding hydrogens is 373 g/mol. The molecule has 2 aromatic rings. The van der Waals surface area contributed by atoms with E-state index in [2.05, 4.69) is 0 Å². The van der Waals surface area contributed by atoms with E-state index in [-0.39, 0.29) is 16.3 Å². The summed E-state index contributed by atoms with van der Waals surface area (Å²) in [6, 6.07) is 8.70.